The minimum atomic E-state index is -1.30. The third-order valence-electron chi connectivity index (χ3n) is 10.9. The molecule has 0 aromatic rings. The first-order valence-electron chi connectivity index (χ1n) is 23.4. The molecule has 10 amide bonds. The monoisotopic (exact) mass is 991 g/mol. The molecule has 0 radical (unpaired) electrons. The Balaban J connectivity index is 0.000000700. The number of hydrogen-bond acceptors (Lipinski definition) is 16. The lowest BCUT2D eigenvalue weighted by Gasteiger charge is -2.28. The maximum absolute atomic E-state index is 13.3. The van der Waals surface area contributed by atoms with Crippen molar-refractivity contribution in [1.29, 1.82) is 0 Å². The molecule has 24 heteroatoms. The summed E-state index contributed by atoms with van der Waals surface area (Å²) in [5.41, 5.74) is 0. The van der Waals surface area contributed by atoms with Crippen molar-refractivity contribution in [3.63, 3.8) is 0 Å². The lowest BCUT2D eigenvalue weighted by atomic mass is 10.0. The molecule has 392 valence electrons. The van der Waals surface area contributed by atoms with Crippen LogP contribution >= 0.6 is 0 Å². The zero-order valence-corrected chi connectivity index (χ0v) is 42.2. The first-order valence-corrected chi connectivity index (χ1v) is 23.4. The van der Waals surface area contributed by atoms with Gasteiger partial charge in [-0.1, -0.05) is 66.5 Å². The van der Waals surface area contributed by atoms with Gasteiger partial charge in [-0.05, 0) is 52.6 Å². The second-order valence-corrected chi connectivity index (χ2v) is 16.8. The van der Waals surface area contributed by atoms with Crippen molar-refractivity contribution in [2.75, 3.05) is 66.6 Å². The number of ether oxygens (including phenoxy) is 2. The van der Waals surface area contributed by atoms with Gasteiger partial charge < -0.3 is 51.2 Å². The molecule has 6 atom stereocenters. The fourth-order valence-electron chi connectivity index (χ4n) is 7.45. The minimum absolute atomic E-state index is 0.0835. The summed E-state index contributed by atoms with van der Waals surface area (Å²) in [6, 6.07) is -8.06. The zero-order chi connectivity index (χ0) is 53.4. The number of carbonyl (C=O) groups excluding carboxylic acids is 12. The average molecular weight is 991 g/mol. The van der Waals surface area contributed by atoms with Gasteiger partial charge in [0.1, 0.15) is 25.2 Å². The Hall–Kier alpha value is -6.56. The SMILES string of the molecule is C=CCNC(=O)C(=O)C(CCC)NC(=O)C1CN(CC(=O)OCC)C(=O)N1C(=O)C(NC)C(C)C.C=CCNC(=O)C(=O)C(CCC)NC(=O)C1CN(CC(=O)OCC)C(=O)N1C(=O)C(NC)C(C)C. The molecule has 0 aliphatic carbocycles. The van der Waals surface area contributed by atoms with Gasteiger partial charge in [0.2, 0.25) is 35.2 Å². The highest BCUT2D eigenvalue weighted by Gasteiger charge is 2.50. The van der Waals surface area contributed by atoms with E-state index in [0.29, 0.717) is 12.8 Å². The molecule has 2 heterocycles. The van der Waals surface area contributed by atoms with Gasteiger partial charge in [-0.25, -0.2) is 19.4 Å². The van der Waals surface area contributed by atoms with Crippen LogP contribution in [-0.4, -0.2) is 193 Å². The van der Waals surface area contributed by atoms with E-state index in [2.05, 4.69) is 45.1 Å². The molecule has 70 heavy (non-hydrogen) atoms. The Morgan fingerprint density at radius 2 is 0.929 bits per heavy atom. The lowest BCUT2D eigenvalue weighted by molar-refractivity contribution is -0.144. The number of amides is 10. The number of nitrogens with zero attached hydrogens (tertiary/aromatic N) is 4. The Labute approximate surface area is 409 Å². The molecule has 0 aromatic heterocycles. The number of carbonyl (C=O) groups is 12. The van der Waals surface area contributed by atoms with Gasteiger partial charge in [0, 0.05) is 13.1 Å². The number of hydrogen-bond donors (Lipinski definition) is 6. The van der Waals surface area contributed by atoms with Crippen LogP contribution in [-0.2, 0) is 57.4 Å². The highest BCUT2D eigenvalue weighted by atomic mass is 16.5. The van der Waals surface area contributed by atoms with E-state index in [-0.39, 0.29) is 64.1 Å². The molecule has 24 nitrogen and oxygen atoms in total. The van der Waals surface area contributed by atoms with Crippen LogP contribution in [0.1, 0.15) is 81.1 Å². The number of urea groups is 2. The van der Waals surface area contributed by atoms with Crippen molar-refractivity contribution in [1.82, 2.24) is 51.5 Å². The van der Waals surface area contributed by atoms with Crippen LogP contribution in [0.15, 0.2) is 25.3 Å². The molecular formula is C46H74N10O14. The molecule has 0 bridgehead atoms. The molecule has 2 saturated heterocycles. The van der Waals surface area contributed by atoms with E-state index in [0.717, 1.165) is 19.6 Å². The van der Waals surface area contributed by atoms with Gasteiger partial charge >= 0.3 is 24.0 Å². The van der Waals surface area contributed by atoms with Crippen molar-refractivity contribution >= 4 is 71.0 Å². The predicted octanol–water partition coefficient (Wildman–Crippen LogP) is -0.835. The quantitative estimate of drug-likeness (QED) is 0.0317. The average Bonchev–Trinajstić information content (AvgIpc) is 3.81. The van der Waals surface area contributed by atoms with Gasteiger partial charge in [-0.15, -0.1) is 13.2 Å². The number of likely N-dealkylation sites (N-methyl/N-ethyl adjacent to an activating group) is 2. The van der Waals surface area contributed by atoms with Crippen molar-refractivity contribution in [3.05, 3.63) is 25.3 Å². The van der Waals surface area contributed by atoms with Crippen molar-refractivity contribution in [2.45, 2.75) is 117 Å². The molecule has 0 aromatic carbocycles. The molecule has 2 aliphatic heterocycles. The van der Waals surface area contributed by atoms with E-state index >= 15 is 0 Å². The Kier molecular flexibility index (Phi) is 27.1. The summed E-state index contributed by atoms with van der Waals surface area (Å²) >= 11 is 0. The number of esters is 2. The molecule has 6 N–H and O–H groups in total. The summed E-state index contributed by atoms with van der Waals surface area (Å²) in [4.78, 5) is 156. The second kappa shape index (κ2) is 30.8. The zero-order valence-electron chi connectivity index (χ0n) is 42.2. The molecule has 6 unspecified atom stereocenters. The summed E-state index contributed by atoms with van der Waals surface area (Å²) < 4.78 is 9.78. The van der Waals surface area contributed by atoms with Crippen LogP contribution in [0.2, 0.25) is 0 Å². The van der Waals surface area contributed by atoms with Crippen LogP contribution in [0.25, 0.3) is 0 Å². The molecule has 2 fully saturated rings. The minimum Gasteiger partial charge on any atom is -0.465 e. The number of rotatable bonds is 28. The summed E-state index contributed by atoms with van der Waals surface area (Å²) in [5.74, 6) is -8.04. The summed E-state index contributed by atoms with van der Waals surface area (Å²) in [6.07, 6.45) is 4.16. The van der Waals surface area contributed by atoms with E-state index in [1.54, 1.807) is 69.5 Å². The van der Waals surface area contributed by atoms with Crippen LogP contribution < -0.4 is 31.9 Å². The largest absolute Gasteiger partial charge is 0.465 e. The van der Waals surface area contributed by atoms with Gasteiger partial charge in [-0.2, -0.15) is 0 Å². The fourth-order valence-corrected chi connectivity index (χ4v) is 7.45. The van der Waals surface area contributed by atoms with Crippen LogP contribution in [0.4, 0.5) is 9.59 Å². The van der Waals surface area contributed by atoms with E-state index < -0.39 is 120 Å². The summed E-state index contributed by atoms with van der Waals surface area (Å²) in [6.45, 7) is 19.8. The van der Waals surface area contributed by atoms with Crippen molar-refractivity contribution in [2.24, 2.45) is 11.8 Å². The molecule has 0 spiro atoms. The van der Waals surface area contributed by atoms with E-state index in [4.69, 9.17) is 9.47 Å². The highest BCUT2D eigenvalue weighted by Crippen LogP contribution is 2.22. The van der Waals surface area contributed by atoms with Gasteiger partial charge in [0.25, 0.3) is 11.8 Å². The first kappa shape index (κ1) is 61.5. The second-order valence-electron chi connectivity index (χ2n) is 16.8. The third-order valence-corrected chi connectivity index (χ3v) is 10.9. The molecular weight excluding hydrogens is 917 g/mol. The van der Waals surface area contributed by atoms with E-state index in [1.165, 1.54) is 12.2 Å². The fraction of sp³-hybridized carbons (Fsp3) is 0.652. The van der Waals surface area contributed by atoms with Crippen molar-refractivity contribution < 1.29 is 67.0 Å². The summed E-state index contributed by atoms with van der Waals surface area (Å²) in [7, 11) is 3.12. The Morgan fingerprint density at radius 1 is 0.600 bits per heavy atom. The maximum Gasteiger partial charge on any atom is 0.328 e. The molecule has 2 rings (SSSR count). The number of Topliss-reactive ketones (excluding diaryl/α,β-unsaturated/α-hetero) is 2. The lowest BCUT2D eigenvalue weighted by Crippen LogP contribution is -2.57. The highest BCUT2D eigenvalue weighted by molar-refractivity contribution is 6.39. The maximum atomic E-state index is 13.3. The van der Waals surface area contributed by atoms with Gasteiger partial charge in [-0.3, -0.25) is 47.9 Å². The number of imide groups is 2. The van der Waals surface area contributed by atoms with Crippen LogP contribution in [0.5, 0.6) is 0 Å². The Bertz CT molecular complexity index is 1790. The van der Waals surface area contributed by atoms with Crippen LogP contribution in [0.3, 0.4) is 0 Å². The van der Waals surface area contributed by atoms with Gasteiger partial charge in [0.05, 0.1) is 50.5 Å². The number of ketones is 2. The standard InChI is InChI=1S/2C23H37N5O7/c2*1-7-10-15(19(30)21(32)25-11-8-2)26-20(31)16-12-27(13-17(29)35-9-3)23(34)28(16)22(33)18(24-6)14(4)5/h2*8,14-16,18,24H,2,7,9-13H2,1,3-6H3,(H,25,32)(H,26,31). The topological polar surface area (TPSA) is 308 Å². The van der Waals surface area contributed by atoms with Crippen molar-refractivity contribution in [3.8, 4) is 0 Å². The predicted molar refractivity (Wildman–Crippen MR) is 254 cm³/mol. The third kappa shape index (κ3) is 17.4. The first-order chi connectivity index (χ1) is 33.1. The Morgan fingerprint density at radius 3 is 1.19 bits per heavy atom. The van der Waals surface area contributed by atoms with E-state index in [1.807, 2.05) is 0 Å². The summed E-state index contributed by atoms with van der Waals surface area (Å²) in [5, 5.41) is 15.5. The van der Waals surface area contributed by atoms with Crippen LogP contribution in [0, 0.1) is 11.8 Å². The smallest absolute Gasteiger partial charge is 0.328 e. The van der Waals surface area contributed by atoms with Gasteiger partial charge in [0.15, 0.2) is 0 Å². The molecule has 2 aliphatic rings. The number of nitrogens with one attached hydrogen (secondary N) is 6. The van der Waals surface area contributed by atoms with E-state index in [9.17, 15) is 57.5 Å². The molecule has 0 saturated carbocycles. The normalized spacial score (nSPS) is 17.1.